The number of para-hydroxylation sites is 1. The number of carbonyl (C=O) groups excluding carboxylic acids is 2. The zero-order valence-corrected chi connectivity index (χ0v) is 20.0. The highest BCUT2D eigenvalue weighted by atomic mass is 35.5. The summed E-state index contributed by atoms with van der Waals surface area (Å²) in [5.74, 6) is -0.317. The minimum absolute atomic E-state index is 0.0268. The molecule has 3 rings (SSSR count). The number of halogens is 1. The smallest absolute Gasteiger partial charge is 0.228 e. The Hall–Kier alpha value is -3.16. The first kappa shape index (κ1) is 24.5. The van der Waals surface area contributed by atoms with Crippen molar-refractivity contribution in [1.82, 2.24) is 0 Å². The van der Waals surface area contributed by atoms with Gasteiger partial charge in [-0.1, -0.05) is 61.8 Å². The summed E-state index contributed by atoms with van der Waals surface area (Å²) in [6.07, 6.45) is 0.460. The normalized spacial score (nSPS) is 11.1. The van der Waals surface area contributed by atoms with Crippen LogP contribution in [0.3, 0.4) is 0 Å². The van der Waals surface area contributed by atoms with Gasteiger partial charge in [0.05, 0.1) is 22.1 Å². The van der Waals surface area contributed by atoms with Gasteiger partial charge in [0.25, 0.3) is 0 Å². The molecule has 0 saturated carbocycles. The van der Waals surface area contributed by atoms with E-state index in [2.05, 4.69) is 10.6 Å². The van der Waals surface area contributed by atoms with Crippen LogP contribution in [0.2, 0.25) is 5.02 Å². The van der Waals surface area contributed by atoms with Crippen LogP contribution >= 0.6 is 11.6 Å². The van der Waals surface area contributed by atoms with Crippen LogP contribution in [0.1, 0.15) is 25.8 Å². The Balaban J connectivity index is 1.72. The number of benzene rings is 3. The van der Waals surface area contributed by atoms with Crippen molar-refractivity contribution in [2.45, 2.75) is 31.6 Å². The number of anilines is 2. The summed E-state index contributed by atoms with van der Waals surface area (Å²) in [4.78, 5) is 24.6. The molecule has 0 atom stereocenters. The lowest BCUT2D eigenvalue weighted by Gasteiger charge is -2.13. The molecule has 0 radical (unpaired) electrons. The zero-order valence-electron chi connectivity index (χ0n) is 18.4. The molecule has 3 aromatic rings. The second-order valence-electron chi connectivity index (χ2n) is 7.41. The van der Waals surface area contributed by atoms with E-state index in [1.165, 1.54) is 12.1 Å². The van der Waals surface area contributed by atoms with E-state index in [-0.39, 0.29) is 28.9 Å². The molecular formula is C25H25ClN2O4S. The van der Waals surface area contributed by atoms with Crippen molar-refractivity contribution in [2.24, 2.45) is 0 Å². The summed E-state index contributed by atoms with van der Waals surface area (Å²) in [7, 11) is -3.27. The Morgan fingerprint density at radius 1 is 0.848 bits per heavy atom. The van der Waals surface area contributed by atoms with E-state index in [4.69, 9.17) is 11.6 Å². The van der Waals surface area contributed by atoms with Gasteiger partial charge in [0.1, 0.15) is 0 Å². The third-order valence-corrected chi connectivity index (χ3v) is 7.16. The highest BCUT2D eigenvalue weighted by Crippen LogP contribution is 2.35. The predicted molar refractivity (Wildman–Crippen MR) is 132 cm³/mol. The molecule has 8 heteroatoms. The second kappa shape index (κ2) is 10.6. The SMILES string of the molecule is CCC(=O)Nc1ccccc1-c1ccc(NC(=O)Cc2ccc(S(=O)(=O)CC)cc2)cc1Cl. The van der Waals surface area contributed by atoms with Gasteiger partial charge in [-0.3, -0.25) is 9.59 Å². The van der Waals surface area contributed by atoms with Crippen molar-refractivity contribution < 1.29 is 18.0 Å². The summed E-state index contributed by atoms with van der Waals surface area (Å²) >= 11 is 6.50. The average molecular weight is 485 g/mol. The van der Waals surface area contributed by atoms with Crippen LogP contribution in [0.25, 0.3) is 11.1 Å². The van der Waals surface area contributed by atoms with Gasteiger partial charge < -0.3 is 10.6 Å². The molecular weight excluding hydrogens is 460 g/mol. The van der Waals surface area contributed by atoms with Crippen molar-refractivity contribution >= 4 is 44.6 Å². The molecule has 0 saturated heterocycles. The third-order valence-electron chi connectivity index (χ3n) is 5.09. The van der Waals surface area contributed by atoms with Gasteiger partial charge in [-0.2, -0.15) is 0 Å². The van der Waals surface area contributed by atoms with Crippen molar-refractivity contribution in [2.75, 3.05) is 16.4 Å². The topological polar surface area (TPSA) is 92.3 Å². The van der Waals surface area contributed by atoms with Crippen LogP contribution in [0.5, 0.6) is 0 Å². The van der Waals surface area contributed by atoms with E-state index in [1.54, 1.807) is 44.2 Å². The van der Waals surface area contributed by atoms with Crippen LogP contribution in [0.4, 0.5) is 11.4 Å². The third kappa shape index (κ3) is 6.21. The maximum absolute atomic E-state index is 12.5. The number of nitrogens with one attached hydrogen (secondary N) is 2. The Morgan fingerprint density at radius 2 is 1.55 bits per heavy atom. The van der Waals surface area contributed by atoms with Gasteiger partial charge >= 0.3 is 0 Å². The van der Waals surface area contributed by atoms with E-state index in [1.807, 2.05) is 24.3 Å². The summed E-state index contributed by atoms with van der Waals surface area (Å²) in [6, 6.07) is 18.9. The maximum atomic E-state index is 12.5. The minimum atomic E-state index is -3.27. The standard InChI is InChI=1S/C25H25ClN2O4S/c1-3-24(29)28-23-8-6-5-7-21(23)20-14-11-18(16-22(20)26)27-25(30)15-17-9-12-19(13-10-17)33(31,32)4-2/h5-14,16H,3-4,15H2,1-2H3,(H,27,30)(H,28,29). The first-order chi connectivity index (χ1) is 15.7. The molecule has 0 fully saturated rings. The van der Waals surface area contributed by atoms with Gasteiger partial charge in [-0.05, 0) is 35.9 Å². The fraction of sp³-hybridized carbons (Fsp3) is 0.200. The fourth-order valence-electron chi connectivity index (χ4n) is 3.25. The quantitative estimate of drug-likeness (QED) is 0.452. The van der Waals surface area contributed by atoms with E-state index in [9.17, 15) is 18.0 Å². The molecule has 0 spiro atoms. The minimum Gasteiger partial charge on any atom is -0.326 e. The highest BCUT2D eigenvalue weighted by molar-refractivity contribution is 7.91. The lowest BCUT2D eigenvalue weighted by Crippen LogP contribution is -2.14. The van der Waals surface area contributed by atoms with Crippen molar-refractivity contribution in [3.8, 4) is 11.1 Å². The second-order valence-corrected chi connectivity index (χ2v) is 10.1. The van der Waals surface area contributed by atoms with Crippen LogP contribution in [0.15, 0.2) is 71.6 Å². The average Bonchev–Trinajstić information content (AvgIpc) is 2.80. The van der Waals surface area contributed by atoms with Gasteiger partial charge in [0.15, 0.2) is 9.84 Å². The molecule has 0 aliphatic rings. The highest BCUT2D eigenvalue weighted by Gasteiger charge is 2.14. The van der Waals surface area contributed by atoms with Crippen molar-refractivity contribution in [3.63, 3.8) is 0 Å². The molecule has 0 bridgehead atoms. The number of hydrogen-bond acceptors (Lipinski definition) is 4. The summed E-state index contributed by atoms with van der Waals surface area (Å²) in [6.45, 7) is 3.37. The van der Waals surface area contributed by atoms with E-state index in [0.717, 1.165) is 11.1 Å². The molecule has 0 aliphatic heterocycles. The maximum Gasteiger partial charge on any atom is 0.228 e. The van der Waals surface area contributed by atoms with E-state index < -0.39 is 9.84 Å². The molecule has 2 amide bonds. The first-order valence-corrected chi connectivity index (χ1v) is 12.6. The molecule has 3 aromatic carbocycles. The summed E-state index contributed by atoms with van der Waals surface area (Å²) in [5, 5.41) is 6.11. The van der Waals surface area contributed by atoms with Gasteiger partial charge in [-0.25, -0.2) is 8.42 Å². The lowest BCUT2D eigenvalue weighted by atomic mass is 10.0. The molecule has 0 heterocycles. The molecule has 6 nitrogen and oxygen atoms in total. The Morgan fingerprint density at radius 3 is 2.18 bits per heavy atom. The van der Waals surface area contributed by atoms with Gasteiger partial charge in [0.2, 0.25) is 11.8 Å². The number of amides is 2. The van der Waals surface area contributed by atoms with E-state index in [0.29, 0.717) is 28.4 Å². The van der Waals surface area contributed by atoms with Crippen molar-refractivity contribution in [1.29, 1.82) is 0 Å². The molecule has 2 N–H and O–H groups in total. The van der Waals surface area contributed by atoms with Gasteiger partial charge in [-0.15, -0.1) is 0 Å². The van der Waals surface area contributed by atoms with Crippen LogP contribution in [0, 0.1) is 0 Å². The number of sulfone groups is 1. The molecule has 33 heavy (non-hydrogen) atoms. The Bertz CT molecular complexity index is 1270. The Labute approximate surface area is 198 Å². The number of carbonyl (C=O) groups is 2. The molecule has 172 valence electrons. The number of hydrogen-bond donors (Lipinski definition) is 2. The van der Waals surface area contributed by atoms with Gasteiger partial charge in [0, 0.05) is 28.9 Å². The van der Waals surface area contributed by atoms with Crippen LogP contribution in [-0.4, -0.2) is 26.0 Å². The predicted octanol–water partition coefficient (Wildman–Crippen LogP) is 5.33. The summed E-state index contributed by atoms with van der Waals surface area (Å²) < 4.78 is 23.8. The van der Waals surface area contributed by atoms with Crippen LogP contribution < -0.4 is 10.6 Å². The van der Waals surface area contributed by atoms with E-state index >= 15 is 0 Å². The van der Waals surface area contributed by atoms with Crippen molar-refractivity contribution in [3.05, 3.63) is 77.3 Å². The molecule has 0 aliphatic carbocycles. The monoisotopic (exact) mass is 484 g/mol. The largest absolute Gasteiger partial charge is 0.326 e. The first-order valence-electron chi connectivity index (χ1n) is 10.5. The molecule has 0 aromatic heterocycles. The fourth-order valence-corrected chi connectivity index (χ4v) is 4.42. The molecule has 0 unspecified atom stereocenters. The van der Waals surface area contributed by atoms with Crippen LogP contribution in [-0.2, 0) is 25.8 Å². The number of rotatable bonds is 8. The lowest BCUT2D eigenvalue weighted by molar-refractivity contribution is -0.116. The Kier molecular flexibility index (Phi) is 7.89. The summed E-state index contributed by atoms with van der Waals surface area (Å²) in [5.41, 5.74) is 3.41. The zero-order chi connectivity index (χ0) is 24.0.